The normalized spacial score (nSPS) is 8.83. The fourth-order valence-electron chi connectivity index (χ4n) is 0.273. The monoisotopic (exact) mass is 83.0 g/mol. The molecule has 1 aromatic rings. The summed E-state index contributed by atoms with van der Waals surface area (Å²) in [5.74, 6) is 0. The highest BCUT2D eigenvalue weighted by Gasteiger charge is 1.77. The zero-order valence-corrected chi connectivity index (χ0v) is 3.51. The Balaban J connectivity index is 3.05. The molecule has 0 amide bonds. The first-order valence-electron chi connectivity index (χ1n) is 1.76. The summed E-state index contributed by atoms with van der Waals surface area (Å²) >= 11 is 0. The maximum atomic E-state index is 4.46. The highest BCUT2D eigenvalue weighted by atomic mass is 16.5. The minimum atomic E-state index is 0.926. The number of hydrogen-bond donors (Lipinski definition) is 0. The van der Waals surface area contributed by atoms with Crippen molar-refractivity contribution in [2.45, 2.75) is 6.92 Å². The third kappa shape index (κ3) is 0.407. The van der Waals surface area contributed by atoms with Gasteiger partial charge in [0.1, 0.15) is 6.26 Å². The summed E-state index contributed by atoms with van der Waals surface area (Å²) in [6.45, 7) is 1.88. The molecule has 0 unspecified atom stereocenters. The van der Waals surface area contributed by atoms with E-state index < -0.39 is 0 Å². The predicted molar refractivity (Wildman–Crippen MR) is 21.2 cm³/mol. The minimum absolute atomic E-state index is 0.926. The van der Waals surface area contributed by atoms with E-state index in [9.17, 15) is 0 Å². The van der Waals surface area contributed by atoms with E-state index in [2.05, 4.69) is 9.68 Å². The summed E-state index contributed by atoms with van der Waals surface area (Å²) in [5, 5.41) is 3.54. The number of nitrogens with zero attached hydrogens (tertiary/aromatic N) is 1. The summed E-state index contributed by atoms with van der Waals surface area (Å²) in [4.78, 5) is 0. The van der Waals surface area contributed by atoms with Crippen molar-refractivity contribution in [3.63, 3.8) is 0 Å². The molecular weight excluding hydrogens is 78.0 g/mol. The van der Waals surface area contributed by atoms with E-state index in [4.69, 9.17) is 0 Å². The Morgan fingerprint density at radius 3 is 2.83 bits per heavy atom. The summed E-state index contributed by atoms with van der Waals surface area (Å²) in [6.07, 6.45) is 1.55. The first kappa shape index (κ1) is 3.40. The molecule has 0 saturated carbocycles. The molecule has 0 aliphatic rings. The van der Waals surface area contributed by atoms with Crippen molar-refractivity contribution in [3.05, 3.63) is 18.0 Å². The lowest BCUT2D eigenvalue weighted by molar-refractivity contribution is 0.415. The molecule has 0 radical (unpaired) electrons. The van der Waals surface area contributed by atoms with Crippen LogP contribution in [0.15, 0.2) is 16.9 Å². The zero-order valence-electron chi connectivity index (χ0n) is 3.51. The van der Waals surface area contributed by atoms with E-state index in [1.165, 1.54) is 0 Å². The molecule has 1 rings (SSSR count). The van der Waals surface area contributed by atoms with Crippen molar-refractivity contribution in [2.75, 3.05) is 0 Å². The van der Waals surface area contributed by atoms with Crippen molar-refractivity contribution in [2.24, 2.45) is 0 Å². The maximum Gasteiger partial charge on any atom is 0.124 e. The van der Waals surface area contributed by atoms with Gasteiger partial charge in [0.2, 0.25) is 0 Å². The highest BCUT2D eigenvalue weighted by molar-refractivity contribution is 4.89. The third-order valence-corrected chi connectivity index (χ3v) is 0.567. The van der Waals surface area contributed by atoms with Gasteiger partial charge in [0.15, 0.2) is 0 Å². The topological polar surface area (TPSA) is 26.0 Å². The lowest BCUT2D eigenvalue weighted by Gasteiger charge is -1.62. The molecule has 0 N–H and O–H groups in total. The fourth-order valence-corrected chi connectivity index (χ4v) is 0.273. The Bertz CT molecular complexity index is 111. The second kappa shape index (κ2) is 1.12. The average Bonchev–Trinajstić information content (AvgIpc) is 1.86. The SMILES string of the molecule is Cc1ccon1. The van der Waals surface area contributed by atoms with Gasteiger partial charge < -0.3 is 4.52 Å². The second-order valence-corrected chi connectivity index (χ2v) is 1.14. The number of rotatable bonds is 0. The van der Waals surface area contributed by atoms with Crippen molar-refractivity contribution < 1.29 is 4.52 Å². The molecule has 0 atom stereocenters. The number of aromatic nitrogens is 1. The van der Waals surface area contributed by atoms with Gasteiger partial charge in [-0.25, -0.2) is 0 Å². The van der Waals surface area contributed by atoms with Crippen LogP contribution >= 0.6 is 0 Å². The molecule has 0 aromatic carbocycles. The Kier molecular flexibility index (Phi) is 0.638. The van der Waals surface area contributed by atoms with Gasteiger partial charge in [-0.05, 0) is 6.92 Å². The summed E-state index contributed by atoms with van der Waals surface area (Å²) in [5.41, 5.74) is 0.926. The minimum Gasteiger partial charge on any atom is -0.365 e. The maximum absolute atomic E-state index is 4.46. The van der Waals surface area contributed by atoms with Gasteiger partial charge in [-0.2, -0.15) is 0 Å². The molecule has 0 saturated heterocycles. The van der Waals surface area contributed by atoms with Crippen LogP contribution in [0.3, 0.4) is 0 Å². The zero-order chi connectivity index (χ0) is 4.41. The molecule has 0 aliphatic carbocycles. The Labute approximate surface area is 35.8 Å². The van der Waals surface area contributed by atoms with E-state index in [0.29, 0.717) is 0 Å². The lowest BCUT2D eigenvalue weighted by Crippen LogP contribution is -1.59. The quantitative estimate of drug-likeness (QED) is 0.467. The van der Waals surface area contributed by atoms with Crippen LogP contribution in [-0.4, -0.2) is 5.16 Å². The van der Waals surface area contributed by atoms with Gasteiger partial charge in [-0.1, -0.05) is 5.16 Å². The van der Waals surface area contributed by atoms with Gasteiger partial charge in [0.25, 0.3) is 0 Å². The molecule has 6 heavy (non-hydrogen) atoms. The molecule has 1 aromatic heterocycles. The molecular formula is C4H5NO. The highest BCUT2D eigenvalue weighted by Crippen LogP contribution is 1.86. The molecule has 0 aliphatic heterocycles. The van der Waals surface area contributed by atoms with Crippen LogP contribution in [0.2, 0.25) is 0 Å². The Hall–Kier alpha value is -0.790. The fraction of sp³-hybridized carbons (Fsp3) is 0.250. The van der Waals surface area contributed by atoms with Crippen LogP contribution < -0.4 is 0 Å². The van der Waals surface area contributed by atoms with Crippen molar-refractivity contribution in [1.82, 2.24) is 5.16 Å². The summed E-state index contributed by atoms with van der Waals surface area (Å²) in [7, 11) is 0. The molecule has 2 heteroatoms. The summed E-state index contributed by atoms with van der Waals surface area (Å²) in [6, 6.07) is 1.81. The van der Waals surface area contributed by atoms with E-state index >= 15 is 0 Å². The van der Waals surface area contributed by atoms with Crippen LogP contribution in [0.4, 0.5) is 0 Å². The molecule has 0 spiro atoms. The third-order valence-electron chi connectivity index (χ3n) is 0.567. The van der Waals surface area contributed by atoms with Gasteiger partial charge >= 0.3 is 0 Å². The lowest BCUT2D eigenvalue weighted by atomic mass is 10.5. The van der Waals surface area contributed by atoms with Crippen LogP contribution in [0.1, 0.15) is 5.69 Å². The first-order valence-corrected chi connectivity index (χ1v) is 1.76. The Morgan fingerprint density at radius 1 is 1.83 bits per heavy atom. The van der Waals surface area contributed by atoms with E-state index in [0.717, 1.165) is 5.69 Å². The van der Waals surface area contributed by atoms with Crippen LogP contribution in [0, 0.1) is 6.92 Å². The average molecular weight is 83.1 g/mol. The van der Waals surface area contributed by atoms with Crippen molar-refractivity contribution in [1.29, 1.82) is 0 Å². The van der Waals surface area contributed by atoms with Gasteiger partial charge in [0, 0.05) is 6.07 Å². The molecule has 0 fully saturated rings. The Morgan fingerprint density at radius 2 is 2.67 bits per heavy atom. The van der Waals surface area contributed by atoms with Gasteiger partial charge in [-0.3, -0.25) is 0 Å². The smallest absolute Gasteiger partial charge is 0.124 e. The standard InChI is InChI=1S/C4H5NO/c1-4-2-3-6-5-4/h2-3H,1H3. The number of hydrogen-bond acceptors (Lipinski definition) is 2. The first-order chi connectivity index (χ1) is 2.89. The molecule has 32 valence electrons. The van der Waals surface area contributed by atoms with Crippen LogP contribution in [0.5, 0.6) is 0 Å². The second-order valence-electron chi connectivity index (χ2n) is 1.14. The van der Waals surface area contributed by atoms with Crippen LogP contribution in [-0.2, 0) is 0 Å². The molecule has 2 nitrogen and oxygen atoms in total. The summed E-state index contributed by atoms with van der Waals surface area (Å²) < 4.78 is 4.46. The van der Waals surface area contributed by atoms with Crippen LogP contribution in [0.25, 0.3) is 0 Å². The van der Waals surface area contributed by atoms with E-state index in [-0.39, 0.29) is 0 Å². The molecule has 1 heterocycles. The van der Waals surface area contributed by atoms with Crippen molar-refractivity contribution >= 4 is 0 Å². The number of aryl methyl sites for hydroxylation is 1. The van der Waals surface area contributed by atoms with E-state index in [1.807, 2.05) is 6.92 Å². The van der Waals surface area contributed by atoms with Gasteiger partial charge in [0.05, 0.1) is 5.69 Å². The van der Waals surface area contributed by atoms with Crippen molar-refractivity contribution in [3.8, 4) is 0 Å². The van der Waals surface area contributed by atoms with Gasteiger partial charge in [-0.15, -0.1) is 0 Å². The largest absolute Gasteiger partial charge is 0.365 e. The predicted octanol–water partition coefficient (Wildman–Crippen LogP) is 0.983. The van der Waals surface area contributed by atoms with E-state index in [1.54, 1.807) is 12.3 Å². The molecule has 0 bridgehead atoms.